The SMILES string of the molecule is CC(C)OCCNS(=O)(=O)c1cc(N)cs1. The van der Waals surface area contributed by atoms with Crippen molar-refractivity contribution >= 4 is 27.0 Å². The van der Waals surface area contributed by atoms with E-state index >= 15 is 0 Å². The van der Waals surface area contributed by atoms with Crippen LogP contribution in [-0.4, -0.2) is 27.7 Å². The average Bonchev–Trinajstić information content (AvgIpc) is 2.60. The molecular formula is C9H16N2O3S2. The summed E-state index contributed by atoms with van der Waals surface area (Å²) in [6.07, 6.45) is 0.0990. The van der Waals surface area contributed by atoms with E-state index in [0.717, 1.165) is 11.3 Å². The van der Waals surface area contributed by atoms with Crippen LogP contribution in [0.1, 0.15) is 13.8 Å². The number of rotatable bonds is 6. The van der Waals surface area contributed by atoms with Gasteiger partial charge in [-0.3, -0.25) is 0 Å². The van der Waals surface area contributed by atoms with E-state index in [1.807, 2.05) is 13.8 Å². The molecule has 0 fully saturated rings. The Kier molecular flexibility index (Phi) is 4.72. The zero-order chi connectivity index (χ0) is 12.2. The summed E-state index contributed by atoms with van der Waals surface area (Å²) in [6.45, 7) is 4.42. The summed E-state index contributed by atoms with van der Waals surface area (Å²) in [5.74, 6) is 0. The molecule has 1 heterocycles. The van der Waals surface area contributed by atoms with E-state index in [2.05, 4.69) is 4.72 Å². The van der Waals surface area contributed by atoms with Gasteiger partial charge in [-0.25, -0.2) is 13.1 Å². The Hall–Kier alpha value is -0.630. The van der Waals surface area contributed by atoms with Crippen LogP contribution < -0.4 is 10.5 Å². The summed E-state index contributed by atoms with van der Waals surface area (Å²) in [5, 5.41) is 1.60. The normalized spacial score (nSPS) is 12.2. The van der Waals surface area contributed by atoms with E-state index in [1.165, 1.54) is 6.07 Å². The number of anilines is 1. The second-order valence-electron chi connectivity index (χ2n) is 3.52. The fraction of sp³-hybridized carbons (Fsp3) is 0.556. The number of thiophene rings is 1. The minimum absolute atomic E-state index is 0.0990. The molecule has 0 spiro atoms. The molecule has 0 unspecified atom stereocenters. The Morgan fingerprint density at radius 3 is 2.75 bits per heavy atom. The first-order valence-corrected chi connectivity index (χ1v) is 7.23. The molecule has 0 amide bonds. The lowest BCUT2D eigenvalue weighted by Crippen LogP contribution is -2.27. The first-order valence-electron chi connectivity index (χ1n) is 4.87. The average molecular weight is 264 g/mol. The predicted octanol–water partition coefficient (Wildman–Crippen LogP) is 1.03. The fourth-order valence-electron chi connectivity index (χ4n) is 1.01. The molecule has 0 saturated heterocycles. The van der Waals surface area contributed by atoms with Gasteiger partial charge in [-0.2, -0.15) is 0 Å². The molecule has 0 saturated carbocycles. The quantitative estimate of drug-likeness (QED) is 0.752. The summed E-state index contributed by atoms with van der Waals surface area (Å²) in [6, 6.07) is 1.44. The second kappa shape index (κ2) is 5.62. The number of nitrogen functional groups attached to an aromatic ring is 1. The lowest BCUT2D eigenvalue weighted by molar-refractivity contribution is 0.0834. The Morgan fingerprint density at radius 1 is 1.56 bits per heavy atom. The van der Waals surface area contributed by atoms with Crippen LogP contribution in [0.25, 0.3) is 0 Å². The molecule has 5 nitrogen and oxygen atoms in total. The summed E-state index contributed by atoms with van der Waals surface area (Å²) >= 11 is 1.10. The maximum atomic E-state index is 11.7. The van der Waals surface area contributed by atoms with Gasteiger partial charge in [-0.05, 0) is 19.9 Å². The summed E-state index contributed by atoms with van der Waals surface area (Å²) in [5.41, 5.74) is 5.93. The van der Waals surface area contributed by atoms with Crippen LogP contribution in [0.15, 0.2) is 15.7 Å². The van der Waals surface area contributed by atoms with Crippen LogP contribution in [0.5, 0.6) is 0 Å². The fourth-order valence-corrected chi connectivity index (χ4v) is 3.15. The molecule has 0 aliphatic heterocycles. The third kappa shape index (κ3) is 4.09. The number of nitrogens with two attached hydrogens (primary N) is 1. The number of sulfonamides is 1. The molecule has 1 rings (SSSR count). The lowest BCUT2D eigenvalue weighted by atomic mass is 10.5. The highest BCUT2D eigenvalue weighted by molar-refractivity contribution is 7.91. The van der Waals surface area contributed by atoms with Crippen LogP contribution >= 0.6 is 11.3 Å². The standard InChI is InChI=1S/C9H16N2O3S2/c1-7(2)14-4-3-11-16(12,13)9-5-8(10)6-15-9/h5-7,11H,3-4,10H2,1-2H3. The van der Waals surface area contributed by atoms with Crippen molar-refractivity contribution in [3.05, 3.63) is 11.4 Å². The molecule has 1 aromatic heterocycles. The summed E-state index contributed by atoms with van der Waals surface area (Å²) in [7, 11) is -3.43. The smallest absolute Gasteiger partial charge is 0.250 e. The molecule has 1 aromatic rings. The van der Waals surface area contributed by atoms with Crippen molar-refractivity contribution in [3.63, 3.8) is 0 Å². The van der Waals surface area contributed by atoms with Crippen LogP contribution in [0.3, 0.4) is 0 Å². The van der Waals surface area contributed by atoms with Crippen molar-refractivity contribution in [1.29, 1.82) is 0 Å². The van der Waals surface area contributed by atoms with Crippen molar-refractivity contribution in [2.75, 3.05) is 18.9 Å². The van der Waals surface area contributed by atoms with Crippen molar-refractivity contribution in [2.45, 2.75) is 24.2 Å². The monoisotopic (exact) mass is 264 g/mol. The minimum Gasteiger partial charge on any atom is -0.398 e. The maximum Gasteiger partial charge on any atom is 0.250 e. The molecule has 0 aliphatic rings. The first-order chi connectivity index (χ1) is 7.42. The topological polar surface area (TPSA) is 81.4 Å². The van der Waals surface area contributed by atoms with Gasteiger partial charge in [0, 0.05) is 17.6 Å². The second-order valence-corrected chi connectivity index (χ2v) is 6.42. The van der Waals surface area contributed by atoms with Gasteiger partial charge in [0.25, 0.3) is 0 Å². The zero-order valence-electron chi connectivity index (χ0n) is 9.26. The molecule has 3 N–H and O–H groups in total. The molecular weight excluding hydrogens is 248 g/mol. The predicted molar refractivity (Wildman–Crippen MR) is 65.0 cm³/mol. The third-order valence-corrected chi connectivity index (χ3v) is 4.62. The van der Waals surface area contributed by atoms with Crippen LogP contribution in [-0.2, 0) is 14.8 Å². The molecule has 0 aliphatic carbocycles. The number of nitrogens with one attached hydrogen (secondary N) is 1. The van der Waals surface area contributed by atoms with Crippen molar-refractivity contribution in [3.8, 4) is 0 Å². The Labute approximate surface area is 99.7 Å². The number of ether oxygens (including phenoxy) is 1. The Morgan fingerprint density at radius 2 is 2.25 bits per heavy atom. The highest BCUT2D eigenvalue weighted by Crippen LogP contribution is 2.20. The van der Waals surface area contributed by atoms with Crippen molar-refractivity contribution in [2.24, 2.45) is 0 Å². The van der Waals surface area contributed by atoms with Gasteiger partial charge >= 0.3 is 0 Å². The van der Waals surface area contributed by atoms with Gasteiger partial charge in [-0.15, -0.1) is 11.3 Å². The molecule has 0 atom stereocenters. The van der Waals surface area contributed by atoms with Gasteiger partial charge in [0.05, 0.1) is 12.7 Å². The van der Waals surface area contributed by atoms with E-state index in [9.17, 15) is 8.42 Å². The van der Waals surface area contributed by atoms with Gasteiger partial charge in [0.1, 0.15) is 4.21 Å². The highest BCUT2D eigenvalue weighted by atomic mass is 32.2. The highest BCUT2D eigenvalue weighted by Gasteiger charge is 2.15. The maximum absolute atomic E-state index is 11.7. The molecule has 0 bridgehead atoms. The Bertz CT molecular complexity index is 426. The van der Waals surface area contributed by atoms with Crippen LogP contribution in [0.2, 0.25) is 0 Å². The van der Waals surface area contributed by atoms with Crippen molar-refractivity contribution in [1.82, 2.24) is 4.72 Å². The molecule has 0 aromatic carbocycles. The third-order valence-electron chi connectivity index (χ3n) is 1.71. The molecule has 0 radical (unpaired) electrons. The zero-order valence-corrected chi connectivity index (χ0v) is 10.9. The van der Waals surface area contributed by atoms with Gasteiger partial charge in [0.15, 0.2) is 0 Å². The number of hydrogen-bond acceptors (Lipinski definition) is 5. The lowest BCUT2D eigenvalue weighted by Gasteiger charge is -2.08. The van der Waals surface area contributed by atoms with Gasteiger partial charge in [0.2, 0.25) is 10.0 Å². The number of hydrogen-bond donors (Lipinski definition) is 2. The van der Waals surface area contributed by atoms with E-state index in [0.29, 0.717) is 12.3 Å². The Balaban J connectivity index is 2.47. The van der Waals surface area contributed by atoms with Crippen molar-refractivity contribution < 1.29 is 13.2 Å². The van der Waals surface area contributed by atoms with Crippen LogP contribution in [0, 0.1) is 0 Å². The van der Waals surface area contributed by atoms with E-state index < -0.39 is 10.0 Å². The molecule has 92 valence electrons. The largest absolute Gasteiger partial charge is 0.398 e. The summed E-state index contributed by atoms with van der Waals surface area (Å²) in [4.78, 5) is 0. The van der Waals surface area contributed by atoms with Gasteiger partial charge in [-0.1, -0.05) is 0 Å². The summed E-state index contributed by atoms with van der Waals surface area (Å²) < 4.78 is 31.3. The van der Waals surface area contributed by atoms with E-state index in [4.69, 9.17) is 10.5 Å². The first kappa shape index (κ1) is 13.4. The molecule has 7 heteroatoms. The van der Waals surface area contributed by atoms with Gasteiger partial charge < -0.3 is 10.5 Å². The van der Waals surface area contributed by atoms with E-state index in [1.54, 1.807) is 5.38 Å². The van der Waals surface area contributed by atoms with Crippen LogP contribution in [0.4, 0.5) is 5.69 Å². The minimum atomic E-state index is -3.43. The van der Waals surface area contributed by atoms with E-state index in [-0.39, 0.29) is 16.9 Å². The molecule has 16 heavy (non-hydrogen) atoms.